The van der Waals surface area contributed by atoms with Crippen LogP contribution in [0.1, 0.15) is 60.5 Å². The molecular formula is C32H28F3N9. The van der Waals surface area contributed by atoms with Gasteiger partial charge in [0.25, 0.3) is 0 Å². The van der Waals surface area contributed by atoms with E-state index < -0.39 is 23.6 Å². The molecule has 44 heavy (non-hydrogen) atoms. The maximum atomic E-state index is 14.3. The summed E-state index contributed by atoms with van der Waals surface area (Å²) in [7, 11) is 0. The normalized spacial score (nSPS) is 12.0. The third-order valence-corrected chi connectivity index (χ3v) is 6.96. The van der Waals surface area contributed by atoms with E-state index in [9.17, 15) is 23.7 Å². The maximum absolute atomic E-state index is 14.3. The smallest absolute Gasteiger partial charge is 0.213 e. The van der Waals surface area contributed by atoms with Gasteiger partial charge >= 0.3 is 0 Å². The maximum Gasteiger partial charge on any atom is 0.213 e. The van der Waals surface area contributed by atoms with E-state index in [-0.39, 0.29) is 23.1 Å². The van der Waals surface area contributed by atoms with Gasteiger partial charge in [-0.25, -0.2) is 18.4 Å². The van der Waals surface area contributed by atoms with E-state index in [4.69, 9.17) is 0 Å². The first-order chi connectivity index (χ1) is 21.0. The van der Waals surface area contributed by atoms with Gasteiger partial charge in [0.1, 0.15) is 29.5 Å². The molecule has 5 aromatic rings. The van der Waals surface area contributed by atoms with Gasteiger partial charge in [0.05, 0.1) is 41.1 Å². The molecule has 0 aliphatic rings. The van der Waals surface area contributed by atoms with Crippen molar-refractivity contribution in [3.63, 3.8) is 0 Å². The highest BCUT2D eigenvalue weighted by atomic mass is 19.1. The number of hydrogen-bond donors (Lipinski definition) is 2. The Morgan fingerprint density at radius 3 is 2.39 bits per heavy atom. The van der Waals surface area contributed by atoms with Gasteiger partial charge in [-0.2, -0.15) is 14.9 Å². The summed E-state index contributed by atoms with van der Waals surface area (Å²) < 4.78 is 44.0. The molecule has 9 nitrogen and oxygen atoms in total. The molecule has 222 valence electrons. The molecule has 0 bridgehead atoms. The van der Waals surface area contributed by atoms with Gasteiger partial charge in [-0.3, -0.25) is 4.98 Å². The van der Waals surface area contributed by atoms with Crippen molar-refractivity contribution in [1.82, 2.24) is 25.0 Å². The number of nitrogens with zero attached hydrogens (tertiary/aromatic N) is 7. The minimum atomic E-state index is -0.760. The molecule has 0 saturated heterocycles. The second-order valence-corrected chi connectivity index (χ2v) is 11.5. The Labute approximate surface area is 252 Å². The highest BCUT2D eigenvalue weighted by Gasteiger charge is 2.23. The molecule has 1 atom stereocenters. The van der Waals surface area contributed by atoms with Crippen LogP contribution < -0.4 is 10.6 Å². The fraction of sp³-hybridized carbons (Fsp3) is 0.250. The van der Waals surface area contributed by atoms with Crippen LogP contribution >= 0.6 is 0 Å². The Morgan fingerprint density at radius 1 is 1.00 bits per heavy atom. The number of fused-ring (bicyclic) bond motifs is 1. The molecule has 1 unspecified atom stereocenters. The van der Waals surface area contributed by atoms with Crippen molar-refractivity contribution in [1.29, 1.82) is 10.5 Å². The van der Waals surface area contributed by atoms with Gasteiger partial charge in [-0.05, 0) is 42.7 Å². The molecule has 0 fully saturated rings. The lowest BCUT2D eigenvalue weighted by atomic mass is 9.96. The number of rotatable bonds is 8. The van der Waals surface area contributed by atoms with Crippen LogP contribution in [-0.4, -0.2) is 31.5 Å². The highest BCUT2D eigenvalue weighted by Crippen LogP contribution is 2.34. The molecule has 3 heterocycles. The van der Waals surface area contributed by atoms with Crippen LogP contribution in [0.4, 0.5) is 24.5 Å². The predicted molar refractivity (Wildman–Crippen MR) is 159 cm³/mol. The van der Waals surface area contributed by atoms with E-state index in [2.05, 4.69) is 63.8 Å². The van der Waals surface area contributed by atoms with Crippen molar-refractivity contribution in [3.8, 4) is 12.1 Å². The molecule has 3 aromatic heterocycles. The Balaban J connectivity index is 1.61. The zero-order valence-corrected chi connectivity index (χ0v) is 24.5. The number of anilines is 2. The number of aryl methyl sites for hydroxylation is 1. The number of benzene rings is 2. The quantitative estimate of drug-likeness (QED) is 0.197. The van der Waals surface area contributed by atoms with E-state index in [0.29, 0.717) is 51.3 Å². The van der Waals surface area contributed by atoms with Gasteiger partial charge in [-0.1, -0.05) is 38.1 Å². The second kappa shape index (κ2) is 12.0. The summed E-state index contributed by atoms with van der Waals surface area (Å²) in [5.74, 6) is -2.08. The molecule has 2 aromatic carbocycles. The summed E-state index contributed by atoms with van der Waals surface area (Å²) in [6.07, 6.45) is 2.97. The van der Waals surface area contributed by atoms with Crippen LogP contribution in [0.2, 0.25) is 0 Å². The zero-order valence-electron chi connectivity index (χ0n) is 24.5. The molecule has 0 radical (unpaired) electrons. The topological polar surface area (TPSA) is 128 Å². The van der Waals surface area contributed by atoms with Crippen molar-refractivity contribution in [2.45, 2.75) is 40.3 Å². The number of nitrogens with one attached hydrogen (secondary N) is 2. The van der Waals surface area contributed by atoms with E-state index >= 15 is 0 Å². The molecule has 12 heteroatoms. The Kier molecular flexibility index (Phi) is 8.19. The third-order valence-electron chi connectivity index (χ3n) is 6.96. The molecule has 0 aliphatic heterocycles. The van der Waals surface area contributed by atoms with Crippen LogP contribution in [0.3, 0.4) is 0 Å². The fourth-order valence-corrected chi connectivity index (χ4v) is 4.79. The Bertz CT molecular complexity index is 1930. The van der Waals surface area contributed by atoms with Gasteiger partial charge in [-0.15, -0.1) is 5.10 Å². The van der Waals surface area contributed by atoms with Gasteiger partial charge in [0.15, 0.2) is 0 Å². The molecule has 0 spiro atoms. The molecule has 0 aliphatic carbocycles. The Hall–Kier alpha value is -5.49. The Morgan fingerprint density at radius 2 is 1.73 bits per heavy atom. The number of pyridine rings is 2. The summed E-state index contributed by atoms with van der Waals surface area (Å²) in [4.78, 5) is 8.35. The van der Waals surface area contributed by atoms with Crippen LogP contribution in [0.25, 0.3) is 10.9 Å². The van der Waals surface area contributed by atoms with Crippen LogP contribution in [0, 0.1) is 52.6 Å². The van der Waals surface area contributed by atoms with Crippen molar-refractivity contribution < 1.29 is 13.2 Å². The zero-order chi connectivity index (χ0) is 31.6. The summed E-state index contributed by atoms with van der Waals surface area (Å²) in [5, 5.41) is 35.5. The van der Waals surface area contributed by atoms with Crippen molar-refractivity contribution in [3.05, 3.63) is 106 Å². The number of aromatic nitrogens is 5. The molecule has 0 saturated carbocycles. The average molecular weight is 596 g/mol. The standard InChI is InChI=1S/C32H28F3N9/c1-18-22(8-9-28(35)40-18)31(27-16-44(43-42-27)15-24-25(33)6-5-7-26(24)34)41-21-10-19(12-36)29-23(11-21)30(20(13-37)14-38-29)39-17-32(2,3)4/h5-11,14,16,31,41H,15,17H2,1-4H3,(H,38,39). The highest BCUT2D eigenvalue weighted by molar-refractivity contribution is 5.99. The number of halogens is 3. The predicted octanol–water partition coefficient (Wildman–Crippen LogP) is 6.40. The second-order valence-electron chi connectivity index (χ2n) is 11.5. The summed E-state index contributed by atoms with van der Waals surface area (Å²) >= 11 is 0. The van der Waals surface area contributed by atoms with Crippen LogP contribution in [0.5, 0.6) is 0 Å². The summed E-state index contributed by atoms with van der Waals surface area (Å²) in [5.41, 5.74) is 3.04. The minimum absolute atomic E-state index is 0.105. The largest absolute Gasteiger partial charge is 0.383 e. The van der Waals surface area contributed by atoms with E-state index in [1.165, 1.54) is 29.2 Å². The molecule has 0 amide bonds. The summed E-state index contributed by atoms with van der Waals surface area (Å²) in [6.45, 7) is 8.15. The van der Waals surface area contributed by atoms with E-state index in [0.717, 1.165) is 12.1 Å². The van der Waals surface area contributed by atoms with Crippen molar-refractivity contribution in [2.75, 3.05) is 17.2 Å². The molecule has 5 rings (SSSR count). The molecule has 2 N–H and O–H groups in total. The molecular weight excluding hydrogens is 567 g/mol. The number of hydrogen-bond acceptors (Lipinski definition) is 8. The first kappa shape index (κ1) is 30.0. The van der Waals surface area contributed by atoms with Gasteiger partial charge in [0, 0.05) is 40.6 Å². The first-order valence-electron chi connectivity index (χ1n) is 13.7. The number of nitriles is 2. The SMILES string of the molecule is Cc1nc(F)ccc1C(Nc1cc(C#N)c2ncc(C#N)c(NCC(C)(C)C)c2c1)c1cn(Cc2c(F)cccc2F)nn1. The van der Waals surface area contributed by atoms with Crippen LogP contribution in [0.15, 0.2) is 54.9 Å². The minimum Gasteiger partial charge on any atom is -0.383 e. The van der Waals surface area contributed by atoms with Gasteiger partial charge < -0.3 is 10.6 Å². The third kappa shape index (κ3) is 6.30. The van der Waals surface area contributed by atoms with Crippen LogP contribution in [-0.2, 0) is 6.54 Å². The van der Waals surface area contributed by atoms with Crippen molar-refractivity contribution >= 4 is 22.3 Å². The van der Waals surface area contributed by atoms with E-state index in [1.807, 2.05) is 0 Å². The lowest BCUT2D eigenvalue weighted by molar-refractivity contribution is 0.443. The average Bonchev–Trinajstić information content (AvgIpc) is 3.44. The van der Waals surface area contributed by atoms with Gasteiger partial charge in [0.2, 0.25) is 5.95 Å². The lowest BCUT2D eigenvalue weighted by Crippen LogP contribution is -2.20. The van der Waals surface area contributed by atoms with E-state index in [1.54, 1.807) is 25.1 Å². The summed E-state index contributed by atoms with van der Waals surface area (Å²) in [6, 6.07) is 13.4. The van der Waals surface area contributed by atoms with Crippen molar-refractivity contribution in [2.24, 2.45) is 5.41 Å². The first-order valence-corrected chi connectivity index (χ1v) is 13.7. The lowest BCUT2D eigenvalue weighted by Gasteiger charge is -2.22. The monoisotopic (exact) mass is 595 g/mol. The fourth-order valence-electron chi connectivity index (χ4n) is 4.79.